The van der Waals surface area contributed by atoms with E-state index in [1.807, 2.05) is 0 Å². The lowest BCUT2D eigenvalue weighted by molar-refractivity contribution is -1.01. The van der Waals surface area contributed by atoms with Gasteiger partial charge in [0, 0.05) is 5.69 Å². The van der Waals surface area contributed by atoms with Crippen LogP contribution in [-0.2, 0) is 11.0 Å². The highest BCUT2D eigenvalue weighted by Gasteiger charge is 2.33. The van der Waals surface area contributed by atoms with Crippen LogP contribution in [0.15, 0.2) is 29.8 Å². The topological polar surface area (TPSA) is 38.0 Å². The maximum Gasteiger partial charge on any atom is 0.417 e. The lowest BCUT2D eigenvalue weighted by Crippen LogP contribution is -3.28. The van der Waals surface area contributed by atoms with Crippen LogP contribution in [0, 0.1) is 0 Å². The van der Waals surface area contributed by atoms with Crippen LogP contribution in [0.1, 0.15) is 19.4 Å². The second-order valence-electron chi connectivity index (χ2n) is 6.90. The Morgan fingerprint density at radius 1 is 1.19 bits per heavy atom. The summed E-state index contributed by atoms with van der Waals surface area (Å²) in [6.45, 7) is 9.09. The molecule has 26 heavy (non-hydrogen) atoms. The minimum absolute atomic E-state index is 0.110. The molecule has 0 aromatic heterocycles. The highest BCUT2D eigenvalue weighted by Crippen LogP contribution is 2.36. The summed E-state index contributed by atoms with van der Waals surface area (Å²) in [6, 6.07) is 3.40. The van der Waals surface area contributed by atoms with Crippen molar-refractivity contribution in [2.75, 3.05) is 44.6 Å². The van der Waals surface area contributed by atoms with Crippen molar-refractivity contribution >= 4 is 23.2 Å². The van der Waals surface area contributed by atoms with E-state index in [0.29, 0.717) is 0 Å². The van der Waals surface area contributed by atoms with Gasteiger partial charge in [0.2, 0.25) is 0 Å². The van der Waals surface area contributed by atoms with Crippen molar-refractivity contribution in [3.05, 3.63) is 40.4 Å². The van der Waals surface area contributed by atoms with Crippen LogP contribution in [0.3, 0.4) is 0 Å². The Labute approximate surface area is 156 Å². The molecule has 144 valence electrons. The molecule has 0 atom stereocenters. The first-order valence-corrected chi connectivity index (χ1v) is 9.00. The van der Waals surface area contributed by atoms with E-state index in [4.69, 9.17) is 11.6 Å². The number of rotatable bonds is 5. The fraction of sp³-hybridized carbons (Fsp3) is 0.500. The second-order valence-corrected chi connectivity index (χ2v) is 7.31. The summed E-state index contributed by atoms with van der Waals surface area (Å²) in [5.74, 6) is -0.289. The fourth-order valence-electron chi connectivity index (χ4n) is 2.94. The molecule has 3 N–H and O–H groups in total. The van der Waals surface area contributed by atoms with E-state index in [9.17, 15) is 18.0 Å². The smallest absolute Gasteiger partial charge is 0.322 e. The maximum atomic E-state index is 12.9. The number of anilines is 1. The van der Waals surface area contributed by atoms with Crippen LogP contribution >= 0.6 is 11.6 Å². The van der Waals surface area contributed by atoms with E-state index >= 15 is 0 Å². The van der Waals surface area contributed by atoms with Gasteiger partial charge < -0.3 is 15.1 Å². The van der Waals surface area contributed by atoms with E-state index in [-0.39, 0.29) is 23.2 Å². The molecule has 1 aromatic rings. The summed E-state index contributed by atoms with van der Waals surface area (Å²) in [5.41, 5.74) is 0.465. The Balaban J connectivity index is 1.86. The largest absolute Gasteiger partial charge is 0.417 e. The summed E-state index contributed by atoms with van der Waals surface area (Å²) in [7, 11) is 0. The fourth-order valence-corrected chi connectivity index (χ4v) is 3.16. The second kappa shape index (κ2) is 8.88. The molecule has 1 aliphatic rings. The highest BCUT2D eigenvalue weighted by molar-refractivity contribution is 6.31. The zero-order chi connectivity index (χ0) is 19.3. The van der Waals surface area contributed by atoms with Crippen molar-refractivity contribution in [3.8, 4) is 0 Å². The molecule has 0 bridgehead atoms. The van der Waals surface area contributed by atoms with Crippen molar-refractivity contribution in [2.45, 2.75) is 20.0 Å². The maximum absolute atomic E-state index is 12.9. The molecule has 0 aliphatic carbocycles. The van der Waals surface area contributed by atoms with Crippen LogP contribution in [0.2, 0.25) is 5.02 Å². The average Bonchev–Trinajstić information content (AvgIpc) is 2.55. The van der Waals surface area contributed by atoms with Crippen molar-refractivity contribution in [1.82, 2.24) is 0 Å². The van der Waals surface area contributed by atoms with Gasteiger partial charge in [-0.25, -0.2) is 0 Å². The Kier molecular flexibility index (Phi) is 7.08. The van der Waals surface area contributed by atoms with Crippen LogP contribution in [-0.4, -0.2) is 45.2 Å². The molecular formula is C18H25ClF3N3O+2. The van der Waals surface area contributed by atoms with Crippen molar-refractivity contribution < 1.29 is 27.8 Å². The summed E-state index contributed by atoms with van der Waals surface area (Å²) in [5, 5.41) is 2.17. The monoisotopic (exact) mass is 391 g/mol. The van der Waals surface area contributed by atoms with Gasteiger partial charge in [-0.3, -0.25) is 4.79 Å². The predicted molar refractivity (Wildman–Crippen MR) is 95.6 cm³/mol. The first-order chi connectivity index (χ1) is 12.1. The molecule has 0 spiro atoms. The number of carbonyl (C=O) groups excluding carboxylic acids is 1. The van der Waals surface area contributed by atoms with E-state index in [1.54, 1.807) is 0 Å². The number of allylic oxidation sites excluding steroid dienone is 1. The van der Waals surface area contributed by atoms with Crippen LogP contribution in [0.25, 0.3) is 0 Å². The number of halogens is 4. The highest BCUT2D eigenvalue weighted by atomic mass is 35.5. The van der Waals surface area contributed by atoms with Gasteiger partial charge >= 0.3 is 6.18 Å². The number of amides is 1. The van der Waals surface area contributed by atoms with Crippen molar-refractivity contribution in [1.29, 1.82) is 0 Å². The minimum Gasteiger partial charge on any atom is -0.322 e. The Bertz CT molecular complexity index is 664. The zero-order valence-corrected chi connectivity index (χ0v) is 15.7. The molecule has 1 amide bonds. The van der Waals surface area contributed by atoms with Crippen molar-refractivity contribution in [3.63, 3.8) is 0 Å². The zero-order valence-electron chi connectivity index (χ0n) is 15.0. The molecule has 2 rings (SSSR count). The third-order valence-corrected chi connectivity index (χ3v) is 4.76. The molecular weight excluding hydrogens is 367 g/mol. The van der Waals surface area contributed by atoms with Gasteiger partial charge in [-0.1, -0.05) is 17.2 Å². The molecule has 0 unspecified atom stereocenters. The number of hydrogen-bond donors (Lipinski definition) is 3. The van der Waals surface area contributed by atoms with Gasteiger partial charge in [0.1, 0.15) is 26.2 Å². The summed E-state index contributed by atoms with van der Waals surface area (Å²) in [6.07, 6.45) is -2.33. The molecule has 1 aliphatic heterocycles. The Morgan fingerprint density at radius 2 is 1.81 bits per heavy atom. The Morgan fingerprint density at radius 3 is 2.38 bits per heavy atom. The third kappa shape index (κ3) is 6.30. The molecule has 1 saturated heterocycles. The van der Waals surface area contributed by atoms with Gasteiger partial charge in [0.05, 0.1) is 17.1 Å². The number of alkyl halides is 3. The van der Waals surface area contributed by atoms with Gasteiger partial charge in [-0.15, -0.1) is 0 Å². The predicted octanol–water partition coefficient (Wildman–Crippen LogP) is 1.05. The van der Waals surface area contributed by atoms with Crippen LogP contribution in [0.5, 0.6) is 0 Å². The molecule has 4 nitrogen and oxygen atoms in total. The number of carbonyl (C=O) groups is 1. The molecule has 1 heterocycles. The SMILES string of the molecule is CC(C)=CC[NH+]1CC[NH+](CC(=O)Nc2ccc(Cl)c(C(F)(F)F)c2)CC1. The molecule has 1 aromatic carbocycles. The first kappa shape index (κ1) is 20.7. The number of benzene rings is 1. The number of hydrogen-bond acceptors (Lipinski definition) is 1. The van der Waals surface area contributed by atoms with Gasteiger partial charge in [0.25, 0.3) is 5.91 Å². The first-order valence-electron chi connectivity index (χ1n) is 8.62. The summed E-state index contributed by atoms with van der Waals surface area (Å²) < 4.78 is 38.6. The Hall–Kier alpha value is -1.57. The van der Waals surface area contributed by atoms with Crippen LogP contribution in [0.4, 0.5) is 18.9 Å². The van der Waals surface area contributed by atoms with Crippen molar-refractivity contribution in [2.24, 2.45) is 0 Å². The number of nitrogens with one attached hydrogen (secondary N) is 3. The minimum atomic E-state index is -4.55. The van der Waals surface area contributed by atoms with Gasteiger partial charge in [-0.05, 0) is 38.1 Å². The standard InChI is InChI=1S/C18H23ClF3N3O/c1-13(2)5-6-24-7-9-25(10-8-24)12-17(26)23-14-3-4-16(19)15(11-14)18(20,21)22/h3-5,11H,6-10,12H2,1-2H3,(H,23,26)/p+2. The molecule has 0 radical (unpaired) electrons. The third-order valence-electron chi connectivity index (χ3n) is 4.43. The number of piperazine rings is 1. The van der Waals surface area contributed by atoms with E-state index in [2.05, 4.69) is 25.2 Å². The normalized spacial score (nSPS) is 20.5. The number of quaternary nitrogens is 2. The average molecular weight is 392 g/mol. The van der Waals surface area contributed by atoms with E-state index in [0.717, 1.165) is 49.8 Å². The lowest BCUT2D eigenvalue weighted by atomic mass is 10.2. The van der Waals surface area contributed by atoms with Gasteiger partial charge in [-0.2, -0.15) is 13.2 Å². The molecule has 1 fully saturated rings. The molecule has 8 heteroatoms. The van der Waals surface area contributed by atoms with E-state index < -0.39 is 11.7 Å². The molecule has 0 saturated carbocycles. The lowest BCUT2D eigenvalue weighted by Gasteiger charge is -2.28. The van der Waals surface area contributed by atoms with Gasteiger partial charge in [0.15, 0.2) is 6.54 Å². The van der Waals surface area contributed by atoms with Crippen LogP contribution < -0.4 is 15.1 Å². The summed E-state index contributed by atoms with van der Waals surface area (Å²) in [4.78, 5) is 14.8. The quantitative estimate of drug-likeness (QED) is 0.645. The van der Waals surface area contributed by atoms with E-state index in [1.165, 1.54) is 16.5 Å². The summed E-state index contributed by atoms with van der Waals surface area (Å²) >= 11 is 5.59.